The van der Waals surface area contributed by atoms with Crippen molar-refractivity contribution in [2.75, 3.05) is 11.2 Å². The van der Waals surface area contributed by atoms with Gasteiger partial charge >= 0.3 is 0 Å². The van der Waals surface area contributed by atoms with Crippen molar-refractivity contribution in [1.29, 1.82) is 0 Å². The van der Waals surface area contributed by atoms with E-state index >= 15 is 0 Å². The molecule has 0 radical (unpaired) electrons. The number of amides is 1. The number of nitrogens with one attached hydrogen (secondary N) is 2. The minimum Gasteiger partial charge on any atom is -0.393 e. The van der Waals surface area contributed by atoms with E-state index in [9.17, 15) is 9.18 Å². The molecule has 2 aromatic heterocycles. The first kappa shape index (κ1) is 16.4. The van der Waals surface area contributed by atoms with Crippen LogP contribution in [-0.2, 0) is 0 Å². The summed E-state index contributed by atoms with van der Waals surface area (Å²) in [6.45, 7) is 0. The molecule has 0 bridgehead atoms. The summed E-state index contributed by atoms with van der Waals surface area (Å²) in [5.41, 5.74) is 12.5. The molecule has 4 aromatic rings. The maximum atomic E-state index is 13.7. The minimum atomic E-state index is -0.668. The number of halogens is 1. The number of hydrazine groups is 1. The summed E-state index contributed by atoms with van der Waals surface area (Å²) in [6, 6.07) is 12.9. The van der Waals surface area contributed by atoms with Crippen LogP contribution in [0.3, 0.4) is 0 Å². The Balaban J connectivity index is 1.61. The first-order chi connectivity index (χ1) is 13.1. The van der Waals surface area contributed by atoms with Crippen molar-refractivity contribution in [2.24, 2.45) is 0 Å². The predicted octanol–water partition coefficient (Wildman–Crippen LogP) is 1.69. The number of nitrogens with zero attached hydrogens (tertiary/aromatic N) is 5. The fourth-order valence-corrected chi connectivity index (χ4v) is 2.51. The number of hydrogen-bond acceptors (Lipinski definition) is 7. The van der Waals surface area contributed by atoms with Crippen LogP contribution in [0.1, 0.15) is 10.4 Å². The molecule has 4 rings (SSSR count). The largest absolute Gasteiger partial charge is 0.393 e. The summed E-state index contributed by atoms with van der Waals surface area (Å²) in [4.78, 5) is 20.3. The molecule has 2 aromatic carbocycles. The van der Waals surface area contributed by atoms with Crippen LogP contribution >= 0.6 is 0 Å². The van der Waals surface area contributed by atoms with Crippen molar-refractivity contribution in [1.82, 2.24) is 30.4 Å². The smallest absolute Gasteiger partial charge is 0.272 e. The Bertz CT molecular complexity index is 1140. The highest BCUT2D eigenvalue weighted by Crippen LogP contribution is 2.23. The van der Waals surface area contributed by atoms with E-state index < -0.39 is 11.7 Å². The third-order valence-corrected chi connectivity index (χ3v) is 3.83. The van der Waals surface area contributed by atoms with E-state index in [1.165, 1.54) is 29.2 Å². The van der Waals surface area contributed by atoms with Crippen LogP contribution in [-0.4, -0.2) is 30.9 Å². The summed E-state index contributed by atoms with van der Waals surface area (Å²) in [5, 5.41) is 8.11. The molecule has 9 nitrogen and oxygen atoms in total. The van der Waals surface area contributed by atoms with Crippen LogP contribution in [0.15, 0.2) is 54.9 Å². The monoisotopic (exact) mass is 364 g/mol. The van der Waals surface area contributed by atoms with Gasteiger partial charge in [0.2, 0.25) is 0 Å². The van der Waals surface area contributed by atoms with Gasteiger partial charge in [0.15, 0.2) is 11.6 Å². The van der Waals surface area contributed by atoms with Crippen molar-refractivity contribution in [2.45, 2.75) is 0 Å². The molecule has 10 heteroatoms. The molecule has 0 spiro atoms. The van der Waals surface area contributed by atoms with Crippen molar-refractivity contribution in [3.8, 4) is 5.82 Å². The molecule has 0 saturated carbocycles. The van der Waals surface area contributed by atoms with Gasteiger partial charge in [0.05, 0.1) is 11.1 Å². The summed E-state index contributed by atoms with van der Waals surface area (Å²) in [7, 11) is 0. The molecule has 0 unspecified atom stereocenters. The summed E-state index contributed by atoms with van der Waals surface area (Å²) < 4.78 is 15.2. The first-order valence-electron chi connectivity index (χ1n) is 7.87. The van der Waals surface area contributed by atoms with Crippen molar-refractivity contribution in [3.63, 3.8) is 0 Å². The van der Waals surface area contributed by atoms with E-state index in [0.29, 0.717) is 16.9 Å². The maximum absolute atomic E-state index is 13.7. The van der Waals surface area contributed by atoms with Crippen molar-refractivity contribution >= 4 is 28.4 Å². The van der Waals surface area contributed by atoms with Crippen LogP contribution in [0.2, 0.25) is 0 Å². The van der Waals surface area contributed by atoms with Gasteiger partial charge < -0.3 is 5.73 Å². The molecule has 4 N–H and O–H groups in total. The lowest BCUT2D eigenvalue weighted by molar-refractivity contribution is 0.0958. The highest BCUT2D eigenvalue weighted by Gasteiger charge is 2.15. The number of nitrogens with two attached hydrogens (primary N) is 1. The summed E-state index contributed by atoms with van der Waals surface area (Å²) >= 11 is 0. The number of carbonyl (C=O) groups is 1. The third kappa shape index (κ3) is 2.99. The molecule has 0 aliphatic carbocycles. The molecule has 0 aliphatic heterocycles. The number of benzene rings is 2. The maximum Gasteiger partial charge on any atom is 0.272 e. The van der Waals surface area contributed by atoms with Gasteiger partial charge in [-0.15, -0.1) is 5.10 Å². The second kappa shape index (κ2) is 6.67. The average Bonchev–Trinajstić information content (AvgIpc) is 3.11. The topological polar surface area (TPSA) is 124 Å². The van der Waals surface area contributed by atoms with Gasteiger partial charge in [-0.2, -0.15) is 4.68 Å². The predicted molar refractivity (Wildman–Crippen MR) is 96.4 cm³/mol. The summed E-state index contributed by atoms with van der Waals surface area (Å²) in [6.07, 6.45) is 1.26. The molecular formula is C17H13FN8O. The highest BCUT2D eigenvalue weighted by molar-refractivity contribution is 5.95. The number of nitrogen functional groups attached to an aromatic ring is 1. The third-order valence-electron chi connectivity index (χ3n) is 3.83. The average molecular weight is 364 g/mol. The normalized spacial score (nSPS) is 10.7. The van der Waals surface area contributed by atoms with E-state index in [1.54, 1.807) is 6.07 Å². The molecule has 0 saturated heterocycles. The zero-order valence-corrected chi connectivity index (χ0v) is 13.8. The number of carbonyl (C=O) groups excluding carboxylic acids is 1. The lowest BCUT2D eigenvalue weighted by atomic mass is 10.2. The molecule has 0 atom stereocenters. The van der Waals surface area contributed by atoms with Gasteiger partial charge in [-0.25, -0.2) is 14.4 Å². The summed E-state index contributed by atoms with van der Waals surface area (Å²) in [5.74, 6) is -0.869. The van der Waals surface area contributed by atoms with Gasteiger partial charge in [0, 0.05) is 0 Å². The van der Waals surface area contributed by atoms with Crippen LogP contribution in [0.4, 0.5) is 15.9 Å². The fourth-order valence-electron chi connectivity index (χ4n) is 2.51. The standard InChI is InChI=1S/C17H13FN8O/c18-11-6-2-1-5-10(11)17(27)24-23-15-14(19)16(21-9-20-15)26-13-8-4-3-7-12(13)22-25-26/h1-9H,19H2,(H,24,27)(H,20,21,23). The van der Waals surface area contributed by atoms with Gasteiger partial charge in [0.1, 0.15) is 23.3 Å². The Hall–Kier alpha value is -4.08. The molecule has 1 amide bonds. The quantitative estimate of drug-likeness (QED) is 0.471. The van der Waals surface area contributed by atoms with Gasteiger partial charge in [-0.3, -0.25) is 15.6 Å². The SMILES string of the molecule is Nc1c(NNC(=O)c2ccccc2F)ncnc1-n1nnc2ccccc21. The van der Waals surface area contributed by atoms with Crippen molar-refractivity contribution in [3.05, 3.63) is 66.2 Å². The van der Waals surface area contributed by atoms with Crippen LogP contribution in [0, 0.1) is 5.82 Å². The zero-order chi connectivity index (χ0) is 18.8. The highest BCUT2D eigenvalue weighted by atomic mass is 19.1. The van der Waals surface area contributed by atoms with Crippen LogP contribution in [0.5, 0.6) is 0 Å². The van der Waals surface area contributed by atoms with E-state index in [2.05, 4.69) is 31.1 Å². The van der Waals surface area contributed by atoms with Gasteiger partial charge in [0.25, 0.3) is 5.91 Å². The zero-order valence-electron chi connectivity index (χ0n) is 13.8. The molecule has 0 fully saturated rings. The van der Waals surface area contributed by atoms with Gasteiger partial charge in [-0.1, -0.05) is 29.5 Å². The minimum absolute atomic E-state index is 0.111. The Kier molecular flexibility index (Phi) is 4.05. The van der Waals surface area contributed by atoms with E-state index in [4.69, 9.17) is 5.73 Å². The number of rotatable bonds is 4. The molecule has 2 heterocycles. The van der Waals surface area contributed by atoms with E-state index in [0.717, 1.165) is 0 Å². The Morgan fingerprint density at radius 1 is 1.07 bits per heavy atom. The fraction of sp³-hybridized carbons (Fsp3) is 0. The van der Waals surface area contributed by atoms with Crippen molar-refractivity contribution < 1.29 is 9.18 Å². The number of aromatic nitrogens is 5. The Morgan fingerprint density at radius 3 is 2.70 bits per heavy atom. The first-order valence-corrected chi connectivity index (χ1v) is 7.87. The lowest BCUT2D eigenvalue weighted by Crippen LogP contribution is -2.31. The molecular weight excluding hydrogens is 351 g/mol. The number of fused-ring (bicyclic) bond motifs is 1. The van der Waals surface area contributed by atoms with Crippen LogP contribution < -0.4 is 16.6 Å². The Morgan fingerprint density at radius 2 is 1.85 bits per heavy atom. The number of hydrogen-bond donors (Lipinski definition) is 3. The van der Waals surface area contributed by atoms with Crippen LogP contribution in [0.25, 0.3) is 16.9 Å². The molecule has 134 valence electrons. The van der Waals surface area contributed by atoms with Gasteiger partial charge in [-0.05, 0) is 24.3 Å². The number of para-hydroxylation sites is 1. The second-order valence-corrected chi connectivity index (χ2v) is 5.51. The lowest BCUT2D eigenvalue weighted by Gasteiger charge is -2.12. The second-order valence-electron chi connectivity index (χ2n) is 5.51. The number of anilines is 2. The Labute approximate surface area is 152 Å². The van der Waals surface area contributed by atoms with E-state index in [1.807, 2.05) is 24.3 Å². The van der Waals surface area contributed by atoms with E-state index in [-0.39, 0.29) is 17.1 Å². The molecule has 27 heavy (non-hydrogen) atoms. The molecule has 0 aliphatic rings.